The van der Waals surface area contributed by atoms with Crippen LogP contribution < -0.4 is 0 Å². The number of halogens is 2. The van der Waals surface area contributed by atoms with Crippen molar-refractivity contribution in [1.82, 2.24) is 0 Å². The van der Waals surface area contributed by atoms with Gasteiger partial charge in [-0.2, -0.15) is 0 Å². The van der Waals surface area contributed by atoms with Gasteiger partial charge in [0.1, 0.15) is 0 Å². The Balaban J connectivity index is 3.09. The third kappa shape index (κ3) is 11.6. The summed E-state index contributed by atoms with van der Waals surface area (Å²) >= 11 is 0. The molecule has 0 unspecified atom stereocenters. The second-order valence-corrected chi connectivity index (χ2v) is 3.59. The van der Waals surface area contributed by atoms with Crippen LogP contribution >= 0.6 is 0 Å². The minimum Gasteiger partial charge on any atom is -0.207 e. The predicted molar refractivity (Wildman–Crippen MR) is 53.1 cm³/mol. The average molecular weight is 190 g/mol. The molecule has 0 heterocycles. The number of unbranched alkanes of at least 4 members (excludes halogenated alkanes) is 4. The second kappa shape index (κ2) is 7.05. The summed E-state index contributed by atoms with van der Waals surface area (Å²) in [5.41, 5.74) is 0. The normalized spacial score (nSPS) is 12.6. The topological polar surface area (TPSA) is 0 Å². The number of alkyl halides is 2. The summed E-state index contributed by atoms with van der Waals surface area (Å²) in [7, 11) is 0. The van der Waals surface area contributed by atoms with Crippen LogP contribution in [0.2, 0.25) is 0 Å². The van der Waals surface area contributed by atoms with Crippen LogP contribution in [0, 0.1) is 0 Å². The Morgan fingerprint density at radius 1 is 1.08 bits per heavy atom. The second-order valence-electron chi connectivity index (χ2n) is 3.59. The summed E-state index contributed by atoms with van der Waals surface area (Å²) in [6.07, 6.45) is 9.05. The molecule has 0 spiro atoms. The zero-order valence-electron chi connectivity index (χ0n) is 8.65. The fourth-order valence-corrected chi connectivity index (χ4v) is 1.22. The SMILES string of the molecule is C/C=C/CCCCCCC(C)(F)F. The van der Waals surface area contributed by atoms with Crippen LogP contribution in [-0.4, -0.2) is 5.92 Å². The van der Waals surface area contributed by atoms with Gasteiger partial charge in [0, 0.05) is 6.42 Å². The molecule has 78 valence electrons. The average Bonchev–Trinajstić information content (AvgIpc) is 2.01. The van der Waals surface area contributed by atoms with E-state index in [1.54, 1.807) is 0 Å². The molecule has 0 aliphatic heterocycles. The molecule has 0 nitrogen and oxygen atoms in total. The monoisotopic (exact) mass is 190 g/mol. The van der Waals surface area contributed by atoms with E-state index in [0.717, 1.165) is 32.6 Å². The van der Waals surface area contributed by atoms with E-state index in [0.29, 0.717) is 6.42 Å². The number of hydrogen-bond acceptors (Lipinski definition) is 0. The smallest absolute Gasteiger partial charge is 0.207 e. The summed E-state index contributed by atoms with van der Waals surface area (Å²) in [6, 6.07) is 0. The number of allylic oxidation sites excluding steroid dienone is 2. The van der Waals surface area contributed by atoms with Gasteiger partial charge in [-0.05, 0) is 33.1 Å². The third-order valence-corrected chi connectivity index (χ3v) is 1.97. The molecule has 0 rings (SSSR count). The highest BCUT2D eigenvalue weighted by Crippen LogP contribution is 2.20. The van der Waals surface area contributed by atoms with E-state index in [9.17, 15) is 8.78 Å². The van der Waals surface area contributed by atoms with Crippen molar-refractivity contribution >= 4 is 0 Å². The zero-order chi connectivity index (χ0) is 10.2. The van der Waals surface area contributed by atoms with Gasteiger partial charge >= 0.3 is 0 Å². The number of rotatable bonds is 7. The van der Waals surface area contributed by atoms with Crippen molar-refractivity contribution in [3.63, 3.8) is 0 Å². The van der Waals surface area contributed by atoms with Crippen molar-refractivity contribution in [3.05, 3.63) is 12.2 Å². The van der Waals surface area contributed by atoms with Crippen molar-refractivity contribution in [2.75, 3.05) is 0 Å². The first kappa shape index (κ1) is 12.6. The van der Waals surface area contributed by atoms with Gasteiger partial charge in [0.25, 0.3) is 0 Å². The lowest BCUT2D eigenvalue weighted by atomic mass is 10.1. The van der Waals surface area contributed by atoms with Crippen LogP contribution in [-0.2, 0) is 0 Å². The maximum atomic E-state index is 12.3. The molecule has 0 aromatic heterocycles. The lowest BCUT2D eigenvalue weighted by Gasteiger charge is -2.08. The Hall–Kier alpha value is -0.400. The fourth-order valence-electron chi connectivity index (χ4n) is 1.22. The highest BCUT2D eigenvalue weighted by atomic mass is 19.3. The Morgan fingerprint density at radius 3 is 2.23 bits per heavy atom. The Bertz CT molecular complexity index is 134. The molecular formula is C11H20F2. The van der Waals surface area contributed by atoms with Gasteiger partial charge in [0.15, 0.2) is 0 Å². The molecule has 0 aliphatic carbocycles. The molecule has 0 saturated heterocycles. The summed E-state index contributed by atoms with van der Waals surface area (Å²) in [5, 5.41) is 0. The minimum atomic E-state index is -2.47. The Morgan fingerprint density at radius 2 is 1.69 bits per heavy atom. The van der Waals surface area contributed by atoms with Gasteiger partial charge in [-0.25, -0.2) is 8.78 Å². The molecule has 0 saturated carbocycles. The molecule has 0 amide bonds. The van der Waals surface area contributed by atoms with Crippen LogP contribution in [0.5, 0.6) is 0 Å². The van der Waals surface area contributed by atoms with Gasteiger partial charge in [-0.1, -0.05) is 25.0 Å². The summed E-state index contributed by atoms with van der Waals surface area (Å²) in [6.45, 7) is 2.99. The van der Waals surface area contributed by atoms with Crippen LogP contribution in [0.4, 0.5) is 8.78 Å². The molecule has 0 fully saturated rings. The summed E-state index contributed by atoms with van der Waals surface area (Å²) < 4.78 is 24.7. The molecular weight excluding hydrogens is 170 g/mol. The van der Waals surface area contributed by atoms with Crippen LogP contribution in [0.1, 0.15) is 52.4 Å². The summed E-state index contributed by atoms with van der Waals surface area (Å²) in [5.74, 6) is -2.47. The van der Waals surface area contributed by atoms with E-state index in [1.165, 1.54) is 0 Å². The molecule has 0 atom stereocenters. The largest absolute Gasteiger partial charge is 0.245 e. The van der Waals surface area contributed by atoms with Gasteiger partial charge in [0.05, 0.1) is 0 Å². The first-order valence-electron chi connectivity index (χ1n) is 5.05. The lowest BCUT2D eigenvalue weighted by Crippen LogP contribution is -2.08. The van der Waals surface area contributed by atoms with Crippen molar-refractivity contribution in [2.24, 2.45) is 0 Å². The zero-order valence-corrected chi connectivity index (χ0v) is 8.65. The van der Waals surface area contributed by atoms with Crippen LogP contribution in [0.25, 0.3) is 0 Å². The fraction of sp³-hybridized carbons (Fsp3) is 0.818. The van der Waals surface area contributed by atoms with Gasteiger partial charge in [-0.15, -0.1) is 0 Å². The van der Waals surface area contributed by atoms with Crippen molar-refractivity contribution in [2.45, 2.75) is 58.3 Å². The molecule has 0 N–H and O–H groups in total. The molecule has 2 heteroatoms. The highest BCUT2D eigenvalue weighted by molar-refractivity contribution is 4.76. The molecule has 0 aromatic carbocycles. The maximum absolute atomic E-state index is 12.3. The molecule has 0 radical (unpaired) electrons. The van der Waals surface area contributed by atoms with E-state index >= 15 is 0 Å². The lowest BCUT2D eigenvalue weighted by molar-refractivity contribution is 0.0104. The van der Waals surface area contributed by atoms with Crippen LogP contribution in [0.3, 0.4) is 0 Å². The predicted octanol–water partition coefficient (Wildman–Crippen LogP) is 4.56. The van der Waals surface area contributed by atoms with Crippen molar-refractivity contribution < 1.29 is 8.78 Å². The minimum absolute atomic E-state index is 0.0383. The number of hydrogen-bond donors (Lipinski definition) is 0. The standard InChI is InChI=1S/C11H20F2/c1-3-4-5-6-7-8-9-10-11(2,12)13/h3-4H,5-10H2,1-2H3/b4-3+. The van der Waals surface area contributed by atoms with E-state index in [-0.39, 0.29) is 6.42 Å². The van der Waals surface area contributed by atoms with Gasteiger partial charge in [-0.3, -0.25) is 0 Å². The molecule has 13 heavy (non-hydrogen) atoms. The van der Waals surface area contributed by atoms with E-state index < -0.39 is 5.92 Å². The van der Waals surface area contributed by atoms with Gasteiger partial charge in [0.2, 0.25) is 5.92 Å². The van der Waals surface area contributed by atoms with E-state index in [2.05, 4.69) is 6.08 Å². The first-order valence-corrected chi connectivity index (χ1v) is 5.05. The molecule has 0 bridgehead atoms. The van der Waals surface area contributed by atoms with E-state index in [1.807, 2.05) is 13.0 Å². The van der Waals surface area contributed by atoms with Crippen molar-refractivity contribution in [1.29, 1.82) is 0 Å². The Kier molecular flexibility index (Phi) is 6.83. The van der Waals surface area contributed by atoms with Gasteiger partial charge < -0.3 is 0 Å². The summed E-state index contributed by atoms with van der Waals surface area (Å²) in [4.78, 5) is 0. The maximum Gasteiger partial charge on any atom is 0.245 e. The van der Waals surface area contributed by atoms with Crippen LogP contribution in [0.15, 0.2) is 12.2 Å². The van der Waals surface area contributed by atoms with Crippen molar-refractivity contribution in [3.8, 4) is 0 Å². The third-order valence-electron chi connectivity index (χ3n) is 1.97. The quantitative estimate of drug-likeness (QED) is 0.408. The highest BCUT2D eigenvalue weighted by Gasteiger charge is 2.19. The van der Waals surface area contributed by atoms with E-state index in [4.69, 9.17) is 0 Å². The Labute approximate surface area is 80.0 Å². The molecule has 0 aliphatic rings. The molecule has 0 aromatic rings. The first-order chi connectivity index (χ1) is 6.06.